The van der Waals surface area contributed by atoms with Gasteiger partial charge in [0.05, 0.1) is 0 Å². The monoisotopic (exact) mass is 228 g/mol. The molecule has 0 aliphatic carbocycles. The molecule has 0 spiro atoms. The van der Waals surface area contributed by atoms with Crippen LogP contribution in [0.2, 0.25) is 0 Å². The van der Waals surface area contributed by atoms with Crippen LogP contribution in [0.25, 0.3) is 0 Å². The van der Waals surface area contributed by atoms with E-state index in [1.807, 2.05) is 0 Å². The van der Waals surface area contributed by atoms with Gasteiger partial charge < -0.3 is 5.32 Å². The van der Waals surface area contributed by atoms with Crippen molar-refractivity contribution in [1.82, 2.24) is 10.2 Å². The Bertz CT molecular complexity index is 206. The number of nitrogens with one attached hydrogen (secondary N) is 1. The summed E-state index contributed by atoms with van der Waals surface area (Å²) in [5.74, 6) is 3.12. The van der Waals surface area contributed by atoms with E-state index < -0.39 is 0 Å². The van der Waals surface area contributed by atoms with Gasteiger partial charge in [0, 0.05) is 30.1 Å². The van der Waals surface area contributed by atoms with E-state index in [1.165, 1.54) is 31.9 Å². The molecular weight excluding hydrogens is 204 g/mol. The lowest BCUT2D eigenvalue weighted by atomic mass is 9.88. The molecule has 88 valence electrons. The van der Waals surface area contributed by atoms with Gasteiger partial charge in [-0.15, -0.1) is 0 Å². The van der Waals surface area contributed by atoms with E-state index in [0.29, 0.717) is 0 Å². The Kier molecular flexibility index (Phi) is 3.97. The minimum absolute atomic E-state index is 0.763. The van der Waals surface area contributed by atoms with Gasteiger partial charge >= 0.3 is 0 Å². The SMILES string of the molecule is CC(CN1CCSC(C)C1C)C1CNC1. The summed E-state index contributed by atoms with van der Waals surface area (Å²) in [7, 11) is 0. The van der Waals surface area contributed by atoms with Crippen LogP contribution in [0.3, 0.4) is 0 Å². The van der Waals surface area contributed by atoms with Gasteiger partial charge in [0.25, 0.3) is 0 Å². The van der Waals surface area contributed by atoms with Gasteiger partial charge in [-0.3, -0.25) is 4.90 Å². The molecule has 0 saturated carbocycles. The molecule has 0 bridgehead atoms. The van der Waals surface area contributed by atoms with Crippen LogP contribution in [0, 0.1) is 11.8 Å². The fourth-order valence-electron chi connectivity index (χ4n) is 2.49. The Morgan fingerprint density at radius 1 is 1.40 bits per heavy atom. The normalized spacial score (nSPS) is 36.2. The van der Waals surface area contributed by atoms with E-state index in [4.69, 9.17) is 0 Å². The van der Waals surface area contributed by atoms with Crippen molar-refractivity contribution in [1.29, 1.82) is 0 Å². The maximum atomic E-state index is 3.38. The minimum atomic E-state index is 0.763. The lowest BCUT2D eigenvalue weighted by Crippen LogP contribution is -2.51. The molecule has 3 heteroatoms. The first kappa shape index (κ1) is 11.7. The van der Waals surface area contributed by atoms with E-state index >= 15 is 0 Å². The summed E-state index contributed by atoms with van der Waals surface area (Å²) in [5.41, 5.74) is 0. The van der Waals surface area contributed by atoms with Crippen LogP contribution in [0.15, 0.2) is 0 Å². The van der Waals surface area contributed by atoms with Crippen LogP contribution in [-0.4, -0.2) is 48.1 Å². The molecule has 3 unspecified atom stereocenters. The highest BCUT2D eigenvalue weighted by atomic mass is 32.2. The summed E-state index contributed by atoms with van der Waals surface area (Å²) in [6.45, 7) is 12.3. The van der Waals surface area contributed by atoms with Crippen molar-refractivity contribution in [2.75, 3.05) is 31.9 Å². The summed E-state index contributed by atoms with van der Waals surface area (Å²) in [5, 5.41) is 4.19. The van der Waals surface area contributed by atoms with Crippen LogP contribution in [0.1, 0.15) is 20.8 Å². The van der Waals surface area contributed by atoms with Crippen molar-refractivity contribution < 1.29 is 0 Å². The van der Waals surface area contributed by atoms with Crippen LogP contribution >= 0.6 is 11.8 Å². The van der Waals surface area contributed by atoms with Crippen LogP contribution in [-0.2, 0) is 0 Å². The van der Waals surface area contributed by atoms with Crippen molar-refractivity contribution in [2.45, 2.75) is 32.1 Å². The molecule has 3 atom stereocenters. The fraction of sp³-hybridized carbons (Fsp3) is 1.00. The zero-order valence-corrected chi connectivity index (χ0v) is 11.0. The largest absolute Gasteiger partial charge is 0.316 e. The summed E-state index contributed by atoms with van der Waals surface area (Å²) >= 11 is 2.13. The molecule has 0 amide bonds. The Labute approximate surface area is 98.2 Å². The highest BCUT2D eigenvalue weighted by molar-refractivity contribution is 8.00. The van der Waals surface area contributed by atoms with Crippen molar-refractivity contribution in [3.63, 3.8) is 0 Å². The van der Waals surface area contributed by atoms with Crippen LogP contribution in [0.4, 0.5) is 0 Å². The molecule has 1 N–H and O–H groups in total. The summed E-state index contributed by atoms with van der Waals surface area (Å²) < 4.78 is 0. The molecule has 0 radical (unpaired) electrons. The third-order valence-electron chi connectivity index (χ3n) is 4.15. The predicted octanol–water partition coefficient (Wildman–Crippen LogP) is 1.67. The van der Waals surface area contributed by atoms with Crippen molar-refractivity contribution in [2.24, 2.45) is 11.8 Å². The molecule has 2 heterocycles. The average Bonchev–Trinajstić information content (AvgIpc) is 2.10. The van der Waals surface area contributed by atoms with Gasteiger partial charge in [0.15, 0.2) is 0 Å². The third-order valence-corrected chi connectivity index (χ3v) is 5.49. The topological polar surface area (TPSA) is 15.3 Å². The summed E-state index contributed by atoms with van der Waals surface area (Å²) in [6.07, 6.45) is 0. The zero-order chi connectivity index (χ0) is 10.8. The fourth-order valence-corrected chi connectivity index (χ4v) is 3.65. The first-order valence-electron chi connectivity index (χ1n) is 6.25. The highest BCUT2D eigenvalue weighted by Crippen LogP contribution is 2.26. The lowest BCUT2D eigenvalue weighted by Gasteiger charge is -2.42. The van der Waals surface area contributed by atoms with E-state index in [9.17, 15) is 0 Å². The third kappa shape index (κ3) is 2.69. The minimum Gasteiger partial charge on any atom is -0.316 e. The number of nitrogens with zero attached hydrogens (tertiary/aromatic N) is 1. The van der Waals surface area contributed by atoms with Crippen LogP contribution in [0.5, 0.6) is 0 Å². The van der Waals surface area contributed by atoms with Gasteiger partial charge in [0.2, 0.25) is 0 Å². The molecule has 2 fully saturated rings. The van der Waals surface area contributed by atoms with Gasteiger partial charge in [-0.2, -0.15) is 11.8 Å². The van der Waals surface area contributed by atoms with Gasteiger partial charge in [0.1, 0.15) is 0 Å². The Morgan fingerprint density at radius 2 is 2.13 bits per heavy atom. The molecule has 0 aromatic heterocycles. The van der Waals surface area contributed by atoms with Gasteiger partial charge in [-0.25, -0.2) is 0 Å². The molecular formula is C12H24N2S. The molecule has 2 nitrogen and oxygen atoms in total. The Balaban J connectivity index is 1.81. The standard InChI is InChI=1S/C12H24N2S/c1-9(12-6-13-7-12)8-14-4-5-15-11(3)10(14)2/h9-13H,4-8H2,1-3H3. The van der Waals surface area contributed by atoms with Crippen molar-refractivity contribution >= 4 is 11.8 Å². The second-order valence-electron chi connectivity index (χ2n) is 5.21. The Hall–Kier alpha value is 0.270. The van der Waals surface area contributed by atoms with Crippen molar-refractivity contribution in [3.8, 4) is 0 Å². The molecule has 2 aliphatic heterocycles. The first-order chi connectivity index (χ1) is 7.18. The number of thioether (sulfide) groups is 1. The second-order valence-corrected chi connectivity index (χ2v) is 6.69. The molecule has 2 saturated heterocycles. The maximum Gasteiger partial charge on any atom is 0.0184 e. The molecule has 15 heavy (non-hydrogen) atoms. The molecule has 2 aliphatic rings. The second kappa shape index (κ2) is 5.07. The average molecular weight is 228 g/mol. The zero-order valence-electron chi connectivity index (χ0n) is 10.2. The van der Waals surface area contributed by atoms with Gasteiger partial charge in [-0.05, 0) is 31.8 Å². The smallest absolute Gasteiger partial charge is 0.0184 e. The summed E-state index contributed by atoms with van der Waals surface area (Å²) in [4.78, 5) is 2.70. The van der Waals surface area contributed by atoms with Crippen molar-refractivity contribution in [3.05, 3.63) is 0 Å². The van der Waals surface area contributed by atoms with Crippen LogP contribution < -0.4 is 5.32 Å². The predicted molar refractivity (Wildman–Crippen MR) is 68.5 cm³/mol. The maximum absolute atomic E-state index is 3.38. The number of rotatable bonds is 3. The first-order valence-corrected chi connectivity index (χ1v) is 7.29. The molecule has 2 rings (SSSR count). The van der Waals surface area contributed by atoms with Gasteiger partial charge in [-0.1, -0.05) is 13.8 Å². The number of hydrogen-bond acceptors (Lipinski definition) is 3. The van der Waals surface area contributed by atoms with E-state index in [2.05, 4.69) is 42.7 Å². The molecule has 0 aromatic rings. The Morgan fingerprint density at radius 3 is 2.73 bits per heavy atom. The lowest BCUT2D eigenvalue weighted by molar-refractivity contribution is 0.137. The quantitative estimate of drug-likeness (QED) is 0.791. The van der Waals surface area contributed by atoms with E-state index in [1.54, 1.807) is 0 Å². The van der Waals surface area contributed by atoms with E-state index in [-0.39, 0.29) is 0 Å². The number of hydrogen-bond donors (Lipinski definition) is 1. The molecule has 0 aromatic carbocycles. The highest BCUT2D eigenvalue weighted by Gasteiger charge is 2.30. The van der Waals surface area contributed by atoms with E-state index in [0.717, 1.165) is 23.1 Å². The summed E-state index contributed by atoms with van der Waals surface area (Å²) in [6, 6.07) is 0.763.